The van der Waals surface area contributed by atoms with Crippen LogP contribution in [0.15, 0.2) is 0 Å². The monoisotopic (exact) mass is 316 g/mol. The molecule has 2 heterocycles. The first-order valence-electron chi connectivity index (χ1n) is 6.92. The highest BCUT2D eigenvalue weighted by Gasteiger charge is 2.18. The molecule has 1 aromatic heterocycles. The van der Waals surface area contributed by atoms with E-state index in [1.165, 1.54) is 0 Å². The van der Waals surface area contributed by atoms with Crippen LogP contribution in [0.3, 0.4) is 0 Å². The molecular formula is C13H21ClN4O3. The van der Waals surface area contributed by atoms with E-state index in [4.69, 9.17) is 25.8 Å². The van der Waals surface area contributed by atoms with Crippen molar-refractivity contribution in [3.8, 4) is 6.01 Å². The quantitative estimate of drug-likeness (QED) is 0.788. The zero-order valence-electron chi connectivity index (χ0n) is 12.6. The second-order valence-electron chi connectivity index (χ2n) is 5.35. The molecule has 1 saturated heterocycles. The molecule has 0 amide bonds. The van der Waals surface area contributed by atoms with Gasteiger partial charge in [0.1, 0.15) is 0 Å². The fourth-order valence-corrected chi connectivity index (χ4v) is 1.93. The van der Waals surface area contributed by atoms with Crippen LogP contribution in [0, 0.1) is 0 Å². The molecule has 0 aromatic carbocycles. The van der Waals surface area contributed by atoms with Gasteiger partial charge in [-0.15, -0.1) is 0 Å². The van der Waals surface area contributed by atoms with Crippen LogP contribution in [0.25, 0.3) is 0 Å². The number of hydrogen-bond donors (Lipinski definition) is 0. The maximum atomic E-state index is 5.94. The second-order valence-corrected chi connectivity index (χ2v) is 5.69. The molecule has 7 nitrogen and oxygen atoms in total. The van der Waals surface area contributed by atoms with E-state index in [0.717, 1.165) is 19.5 Å². The molecule has 2 rings (SSSR count). The summed E-state index contributed by atoms with van der Waals surface area (Å²) in [6.07, 6.45) is 0.722. The van der Waals surface area contributed by atoms with Gasteiger partial charge >= 0.3 is 6.01 Å². The molecular weight excluding hydrogens is 296 g/mol. The third kappa shape index (κ3) is 4.94. The predicted molar refractivity (Wildman–Crippen MR) is 79.1 cm³/mol. The number of morpholine rings is 1. The molecule has 1 aromatic rings. The summed E-state index contributed by atoms with van der Waals surface area (Å²) in [6.45, 7) is 7.21. The summed E-state index contributed by atoms with van der Waals surface area (Å²) in [5.74, 6) is 0.527. The maximum Gasteiger partial charge on any atom is 0.322 e. The normalized spacial score (nSPS) is 16.1. The molecule has 1 aliphatic heterocycles. The van der Waals surface area contributed by atoms with E-state index in [1.54, 1.807) is 7.11 Å². The minimum absolute atomic E-state index is 0.132. The lowest BCUT2D eigenvalue weighted by Gasteiger charge is -2.26. The van der Waals surface area contributed by atoms with Gasteiger partial charge in [0.05, 0.1) is 25.4 Å². The summed E-state index contributed by atoms with van der Waals surface area (Å²) >= 11 is 5.94. The highest BCUT2D eigenvalue weighted by molar-refractivity contribution is 6.28. The Morgan fingerprint density at radius 2 is 1.95 bits per heavy atom. The Balaban J connectivity index is 1.98. The van der Waals surface area contributed by atoms with Gasteiger partial charge in [-0.2, -0.15) is 15.0 Å². The standard InChI is InChI=1S/C13H21ClN4O3/c1-13(2,19-3)4-7-21-12-16-10(14)15-11(17-12)18-5-8-20-9-6-18/h4-9H2,1-3H3. The third-order valence-corrected chi connectivity index (χ3v) is 3.53. The molecule has 0 radical (unpaired) electrons. The van der Waals surface area contributed by atoms with Gasteiger partial charge in [-0.1, -0.05) is 0 Å². The average Bonchev–Trinajstić information content (AvgIpc) is 2.47. The van der Waals surface area contributed by atoms with E-state index in [1.807, 2.05) is 18.7 Å². The van der Waals surface area contributed by atoms with E-state index >= 15 is 0 Å². The Morgan fingerprint density at radius 3 is 2.62 bits per heavy atom. The smallest absolute Gasteiger partial charge is 0.322 e. The number of hydrogen-bond acceptors (Lipinski definition) is 7. The zero-order chi connectivity index (χ0) is 15.3. The van der Waals surface area contributed by atoms with Crippen LogP contribution in [-0.4, -0.2) is 60.6 Å². The van der Waals surface area contributed by atoms with Gasteiger partial charge in [-0.05, 0) is 25.4 Å². The largest absolute Gasteiger partial charge is 0.463 e. The van der Waals surface area contributed by atoms with Crippen molar-refractivity contribution in [1.29, 1.82) is 0 Å². The Hall–Kier alpha value is -1.18. The summed E-state index contributed by atoms with van der Waals surface area (Å²) in [6, 6.07) is 0.239. The van der Waals surface area contributed by atoms with Crippen LogP contribution in [0.4, 0.5) is 5.95 Å². The number of halogens is 1. The fraction of sp³-hybridized carbons (Fsp3) is 0.769. The lowest BCUT2D eigenvalue weighted by Crippen LogP contribution is -2.37. The van der Waals surface area contributed by atoms with Gasteiger partial charge in [-0.3, -0.25) is 0 Å². The molecule has 1 fully saturated rings. The Morgan fingerprint density at radius 1 is 1.24 bits per heavy atom. The molecule has 0 unspecified atom stereocenters. The fourth-order valence-electron chi connectivity index (χ4n) is 1.78. The van der Waals surface area contributed by atoms with Crippen molar-refractivity contribution in [2.75, 3.05) is 44.9 Å². The number of nitrogens with zero attached hydrogens (tertiary/aromatic N) is 4. The van der Waals surface area contributed by atoms with Gasteiger partial charge in [-0.25, -0.2) is 0 Å². The van der Waals surface area contributed by atoms with Crippen LogP contribution in [0.1, 0.15) is 20.3 Å². The summed E-state index contributed by atoms with van der Waals surface area (Å²) in [5.41, 5.74) is -0.246. The van der Waals surface area contributed by atoms with Crippen LogP contribution >= 0.6 is 11.6 Å². The summed E-state index contributed by atoms with van der Waals surface area (Å²) < 4.78 is 16.2. The highest BCUT2D eigenvalue weighted by atomic mass is 35.5. The molecule has 21 heavy (non-hydrogen) atoms. The van der Waals surface area contributed by atoms with Crippen molar-refractivity contribution in [3.63, 3.8) is 0 Å². The van der Waals surface area contributed by atoms with Crippen molar-refractivity contribution in [1.82, 2.24) is 15.0 Å². The molecule has 0 spiro atoms. The number of ether oxygens (including phenoxy) is 3. The van der Waals surface area contributed by atoms with E-state index < -0.39 is 0 Å². The van der Waals surface area contributed by atoms with Crippen molar-refractivity contribution in [2.24, 2.45) is 0 Å². The average molecular weight is 317 g/mol. The van der Waals surface area contributed by atoms with E-state index in [-0.39, 0.29) is 16.9 Å². The molecule has 0 saturated carbocycles. The summed E-state index contributed by atoms with van der Waals surface area (Å²) in [4.78, 5) is 14.4. The minimum Gasteiger partial charge on any atom is -0.463 e. The molecule has 0 bridgehead atoms. The van der Waals surface area contributed by atoms with Crippen molar-refractivity contribution in [3.05, 3.63) is 5.28 Å². The summed E-state index contributed by atoms with van der Waals surface area (Å²) in [7, 11) is 1.68. The minimum atomic E-state index is -0.246. The maximum absolute atomic E-state index is 5.94. The number of anilines is 1. The highest BCUT2D eigenvalue weighted by Crippen LogP contribution is 2.18. The van der Waals surface area contributed by atoms with Gasteiger partial charge in [0.25, 0.3) is 0 Å². The van der Waals surface area contributed by atoms with Crippen molar-refractivity contribution >= 4 is 17.5 Å². The molecule has 1 aliphatic rings. The zero-order valence-corrected chi connectivity index (χ0v) is 13.4. The number of aromatic nitrogens is 3. The van der Waals surface area contributed by atoms with Crippen LogP contribution in [0.5, 0.6) is 6.01 Å². The SMILES string of the molecule is COC(C)(C)CCOc1nc(Cl)nc(N2CCOCC2)n1. The van der Waals surface area contributed by atoms with Crippen molar-refractivity contribution in [2.45, 2.75) is 25.9 Å². The number of methoxy groups -OCH3 is 1. The van der Waals surface area contributed by atoms with Crippen LogP contribution in [0.2, 0.25) is 5.28 Å². The molecule has 118 valence electrons. The molecule has 8 heteroatoms. The van der Waals surface area contributed by atoms with E-state index in [0.29, 0.717) is 25.8 Å². The predicted octanol–water partition coefficient (Wildman–Crippen LogP) is 1.56. The van der Waals surface area contributed by atoms with Crippen LogP contribution in [-0.2, 0) is 9.47 Å². The third-order valence-electron chi connectivity index (χ3n) is 3.36. The van der Waals surface area contributed by atoms with Gasteiger partial charge in [0.15, 0.2) is 0 Å². The topological polar surface area (TPSA) is 69.6 Å². The Bertz CT molecular complexity index is 467. The first kappa shape index (κ1) is 16.2. The van der Waals surface area contributed by atoms with E-state index in [9.17, 15) is 0 Å². The lowest BCUT2D eigenvalue weighted by atomic mass is 10.1. The Labute approximate surface area is 129 Å². The molecule has 0 aliphatic carbocycles. The van der Waals surface area contributed by atoms with Gasteiger partial charge in [0.2, 0.25) is 11.2 Å². The summed E-state index contributed by atoms with van der Waals surface area (Å²) in [5, 5.41) is 0.132. The first-order valence-corrected chi connectivity index (χ1v) is 7.30. The second kappa shape index (κ2) is 7.20. The van der Waals surface area contributed by atoms with E-state index in [2.05, 4.69) is 15.0 Å². The molecule has 0 N–H and O–H groups in total. The van der Waals surface area contributed by atoms with Gasteiger partial charge in [0, 0.05) is 26.6 Å². The first-order chi connectivity index (χ1) is 10.00. The Kier molecular flexibility index (Phi) is 5.55. The lowest BCUT2D eigenvalue weighted by molar-refractivity contribution is 0.00465. The molecule has 0 atom stereocenters. The van der Waals surface area contributed by atoms with Gasteiger partial charge < -0.3 is 19.1 Å². The van der Waals surface area contributed by atoms with Crippen LogP contribution < -0.4 is 9.64 Å². The number of rotatable bonds is 6. The van der Waals surface area contributed by atoms with Crippen molar-refractivity contribution < 1.29 is 14.2 Å².